The molecule has 0 aromatic carbocycles. The number of hydrogen-bond donors (Lipinski definition) is 2. The van der Waals surface area contributed by atoms with Gasteiger partial charge < -0.3 is 10.2 Å². The van der Waals surface area contributed by atoms with Gasteiger partial charge >= 0.3 is 0 Å². The van der Waals surface area contributed by atoms with Crippen molar-refractivity contribution in [2.75, 3.05) is 0 Å². The van der Waals surface area contributed by atoms with Crippen molar-refractivity contribution in [2.45, 2.75) is 77.9 Å². The van der Waals surface area contributed by atoms with Crippen molar-refractivity contribution < 1.29 is 10.2 Å². The van der Waals surface area contributed by atoms with Crippen LogP contribution in [0.4, 0.5) is 0 Å². The maximum absolute atomic E-state index is 10.0. The normalized spacial score (nSPS) is 38.5. The third kappa shape index (κ3) is 3.07. The van der Waals surface area contributed by atoms with Gasteiger partial charge in [-0.1, -0.05) is 47.9 Å². The van der Waals surface area contributed by atoms with E-state index in [4.69, 9.17) is 0 Å². The van der Waals surface area contributed by atoms with Crippen molar-refractivity contribution in [3.05, 3.63) is 46.6 Å². The Morgan fingerprint density at radius 1 is 1.12 bits per heavy atom. The van der Waals surface area contributed by atoms with Gasteiger partial charge in [-0.15, -0.1) is 0 Å². The molecule has 0 radical (unpaired) electrons. The Morgan fingerprint density at radius 2 is 1.79 bits per heavy atom. The minimum atomic E-state index is -0.598. The molecule has 0 spiro atoms. The van der Waals surface area contributed by atoms with E-state index in [0.717, 1.165) is 5.57 Å². The topological polar surface area (TPSA) is 40.5 Å². The third-order valence-electron chi connectivity index (χ3n) is 6.65. The van der Waals surface area contributed by atoms with E-state index in [0.29, 0.717) is 29.7 Å². The lowest BCUT2D eigenvalue weighted by atomic mass is 9.65. The summed E-state index contributed by atoms with van der Waals surface area (Å²) >= 11 is 0. The van der Waals surface area contributed by atoms with E-state index < -0.39 is 12.2 Å². The number of hydrogen-bond acceptors (Lipinski definition) is 2. The first-order valence-corrected chi connectivity index (χ1v) is 9.43. The lowest BCUT2D eigenvalue weighted by Crippen LogP contribution is -2.29. The summed E-state index contributed by atoms with van der Waals surface area (Å²) in [6, 6.07) is 0. The van der Waals surface area contributed by atoms with Gasteiger partial charge in [0.2, 0.25) is 0 Å². The van der Waals surface area contributed by atoms with Gasteiger partial charge in [0.05, 0.1) is 12.2 Å². The molecule has 0 unspecified atom stereocenters. The lowest BCUT2D eigenvalue weighted by Gasteiger charge is -2.40. The molecule has 2 N–H and O–H groups in total. The maximum atomic E-state index is 10.0. The Labute approximate surface area is 146 Å². The fraction of sp³-hybridized carbons (Fsp3) is 0.636. The van der Waals surface area contributed by atoms with E-state index in [1.807, 2.05) is 0 Å². The zero-order valence-corrected chi connectivity index (χ0v) is 15.4. The van der Waals surface area contributed by atoms with Crippen molar-refractivity contribution in [3.63, 3.8) is 0 Å². The fourth-order valence-corrected chi connectivity index (χ4v) is 5.30. The first-order chi connectivity index (χ1) is 11.3. The fourth-order valence-electron chi connectivity index (χ4n) is 5.30. The summed E-state index contributed by atoms with van der Waals surface area (Å²) < 4.78 is 0. The molecule has 4 atom stereocenters. The summed E-state index contributed by atoms with van der Waals surface area (Å²) in [5, 5.41) is 20.0. The highest BCUT2D eigenvalue weighted by Gasteiger charge is 2.46. The Bertz CT molecular complexity index is 602. The number of aliphatic hydroxyl groups excluding tert-OH is 2. The van der Waals surface area contributed by atoms with Crippen LogP contribution in [0.1, 0.15) is 65.7 Å². The molecule has 2 nitrogen and oxygen atoms in total. The van der Waals surface area contributed by atoms with Gasteiger partial charge in [-0.05, 0) is 75.7 Å². The largest absolute Gasteiger partial charge is 0.388 e. The summed E-state index contributed by atoms with van der Waals surface area (Å²) in [6.45, 7) is 10.8. The highest BCUT2D eigenvalue weighted by molar-refractivity contribution is 5.35. The van der Waals surface area contributed by atoms with Crippen molar-refractivity contribution in [1.29, 1.82) is 0 Å². The molecule has 0 amide bonds. The summed E-state index contributed by atoms with van der Waals surface area (Å²) in [5.41, 5.74) is 6.82. The summed E-state index contributed by atoms with van der Waals surface area (Å²) in [6.07, 6.45) is 10.8. The van der Waals surface area contributed by atoms with Gasteiger partial charge in [-0.2, -0.15) is 0 Å². The van der Waals surface area contributed by atoms with Crippen LogP contribution in [0.15, 0.2) is 46.6 Å². The number of rotatable bonds is 1. The molecular formula is C22H32O2. The molecule has 2 heteroatoms. The Kier molecular flexibility index (Phi) is 4.90. The molecule has 3 aliphatic carbocycles. The van der Waals surface area contributed by atoms with Crippen LogP contribution in [-0.4, -0.2) is 22.4 Å². The zero-order valence-electron chi connectivity index (χ0n) is 15.4. The van der Waals surface area contributed by atoms with Gasteiger partial charge in [0, 0.05) is 0 Å². The van der Waals surface area contributed by atoms with Crippen LogP contribution in [0.5, 0.6) is 0 Å². The average molecular weight is 328 g/mol. The van der Waals surface area contributed by atoms with E-state index in [1.165, 1.54) is 37.7 Å². The van der Waals surface area contributed by atoms with Crippen LogP contribution >= 0.6 is 0 Å². The minimum absolute atomic E-state index is 0.349. The smallest absolute Gasteiger partial charge is 0.0809 e. The van der Waals surface area contributed by atoms with E-state index in [2.05, 4.69) is 39.5 Å². The Morgan fingerprint density at radius 3 is 2.42 bits per heavy atom. The first-order valence-electron chi connectivity index (χ1n) is 9.43. The maximum Gasteiger partial charge on any atom is 0.0809 e. The highest BCUT2D eigenvalue weighted by atomic mass is 16.3. The Hall–Kier alpha value is -1.12. The van der Waals surface area contributed by atoms with E-state index in [9.17, 15) is 10.2 Å². The molecule has 24 heavy (non-hydrogen) atoms. The van der Waals surface area contributed by atoms with Crippen LogP contribution in [0, 0.1) is 11.3 Å². The monoisotopic (exact) mass is 328 g/mol. The summed E-state index contributed by atoms with van der Waals surface area (Å²) in [4.78, 5) is 0. The lowest BCUT2D eigenvalue weighted by molar-refractivity contribution is 0.123. The Balaban J connectivity index is 1.83. The summed E-state index contributed by atoms with van der Waals surface area (Å²) in [7, 11) is 0. The third-order valence-corrected chi connectivity index (χ3v) is 6.65. The van der Waals surface area contributed by atoms with Crippen LogP contribution in [0.2, 0.25) is 0 Å². The molecule has 132 valence electrons. The van der Waals surface area contributed by atoms with Gasteiger partial charge in [-0.3, -0.25) is 0 Å². The molecule has 0 aliphatic heterocycles. The molecular weight excluding hydrogens is 296 g/mol. The molecule has 0 bridgehead atoms. The predicted octanol–water partition coefficient (Wildman–Crippen LogP) is 4.85. The van der Waals surface area contributed by atoms with Crippen LogP contribution in [-0.2, 0) is 0 Å². The SMILES string of the molecule is C=C1[C@H](O)CC(=C/C=C2\CCC[C@]3(C)C(=C(C)C)CC[C@@H]23)C[C@H]1O. The van der Waals surface area contributed by atoms with Crippen LogP contribution in [0.25, 0.3) is 0 Å². The van der Waals surface area contributed by atoms with Crippen molar-refractivity contribution in [3.8, 4) is 0 Å². The highest BCUT2D eigenvalue weighted by Crippen LogP contribution is 2.57. The molecule has 0 heterocycles. The standard InChI is InChI=1S/C22H32O2/c1-14(2)18-9-10-19-17(6-5-11-22(18,19)4)8-7-16-12-20(23)15(3)21(24)13-16/h7-8,19-21,23-24H,3,5-6,9-13H2,1-2,4H3/b17-8+/t19-,20+,21+,22+/m0/s1. The average Bonchev–Trinajstić information content (AvgIpc) is 2.88. The molecule has 0 aromatic heterocycles. The molecule has 3 rings (SSSR count). The first kappa shape index (κ1) is 17.7. The number of aliphatic hydroxyl groups is 2. The second kappa shape index (κ2) is 6.65. The van der Waals surface area contributed by atoms with E-state index in [-0.39, 0.29) is 0 Å². The van der Waals surface area contributed by atoms with Crippen LogP contribution < -0.4 is 0 Å². The zero-order chi connectivity index (χ0) is 17.5. The van der Waals surface area contributed by atoms with Crippen molar-refractivity contribution >= 4 is 0 Å². The second-order valence-corrected chi connectivity index (χ2v) is 8.42. The molecule has 0 aromatic rings. The van der Waals surface area contributed by atoms with Gasteiger partial charge in [0.1, 0.15) is 0 Å². The van der Waals surface area contributed by atoms with Crippen LogP contribution in [0.3, 0.4) is 0 Å². The van der Waals surface area contributed by atoms with Gasteiger partial charge in [0.15, 0.2) is 0 Å². The summed E-state index contributed by atoms with van der Waals surface area (Å²) in [5.74, 6) is 0.668. The quantitative estimate of drug-likeness (QED) is 0.676. The number of fused-ring (bicyclic) bond motifs is 1. The van der Waals surface area contributed by atoms with Crippen molar-refractivity contribution in [1.82, 2.24) is 0 Å². The molecule has 0 saturated heterocycles. The number of allylic oxidation sites excluding steroid dienone is 5. The second-order valence-electron chi connectivity index (χ2n) is 8.42. The van der Waals surface area contributed by atoms with E-state index in [1.54, 1.807) is 11.1 Å². The van der Waals surface area contributed by atoms with Gasteiger partial charge in [-0.25, -0.2) is 0 Å². The predicted molar refractivity (Wildman–Crippen MR) is 99.6 cm³/mol. The minimum Gasteiger partial charge on any atom is -0.388 e. The van der Waals surface area contributed by atoms with Crippen molar-refractivity contribution in [2.24, 2.45) is 11.3 Å². The molecule has 3 aliphatic rings. The van der Waals surface area contributed by atoms with E-state index >= 15 is 0 Å². The molecule has 3 saturated carbocycles. The molecule has 3 fully saturated rings. The van der Waals surface area contributed by atoms with Gasteiger partial charge in [0.25, 0.3) is 0 Å².